The van der Waals surface area contributed by atoms with Crippen molar-refractivity contribution in [3.05, 3.63) is 18.4 Å². The zero-order valence-electron chi connectivity index (χ0n) is 16.6. The summed E-state index contributed by atoms with van der Waals surface area (Å²) in [5, 5.41) is 12.4. The first-order chi connectivity index (χ1) is 13.0. The van der Waals surface area contributed by atoms with Crippen LogP contribution in [0.15, 0.2) is 28.0 Å². The van der Waals surface area contributed by atoms with Gasteiger partial charge >= 0.3 is 0 Å². The summed E-state index contributed by atoms with van der Waals surface area (Å²) in [4.78, 5) is 12.7. The number of rotatable bonds is 7. The van der Waals surface area contributed by atoms with Gasteiger partial charge in [-0.05, 0) is 43.7 Å². The number of thioether (sulfide) groups is 1. The molecule has 148 valence electrons. The molecule has 1 amide bonds. The minimum atomic E-state index is -0.223. The van der Waals surface area contributed by atoms with Gasteiger partial charge < -0.3 is 9.73 Å². The normalized spacial score (nSPS) is 21.4. The number of furan rings is 1. The number of carbonyl (C=O) groups excluding carboxylic acids is 1. The van der Waals surface area contributed by atoms with Crippen LogP contribution in [0.25, 0.3) is 11.6 Å². The van der Waals surface area contributed by atoms with E-state index in [0.29, 0.717) is 29.5 Å². The van der Waals surface area contributed by atoms with Gasteiger partial charge in [-0.2, -0.15) is 0 Å². The van der Waals surface area contributed by atoms with Crippen molar-refractivity contribution in [2.24, 2.45) is 11.8 Å². The number of hydrogen-bond donors (Lipinski definition) is 1. The second-order valence-electron chi connectivity index (χ2n) is 7.92. The lowest BCUT2D eigenvalue weighted by Gasteiger charge is -2.30. The predicted molar refractivity (Wildman–Crippen MR) is 107 cm³/mol. The molecule has 2 aromatic heterocycles. The first-order valence-electron chi connectivity index (χ1n) is 9.89. The number of hydrogen-bond acceptors (Lipinski definition) is 5. The van der Waals surface area contributed by atoms with E-state index in [4.69, 9.17) is 4.42 Å². The molecule has 3 rings (SSSR count). The molecule has 1 N–H and O–H groups in total. The van der Waals surface area contributed by atoms with Crippen LogP contribution >= 0.6 is 11.8 Å². The minimum absolute atomic E-state index is 0.0809. The number of amides is 1. The van der Waals surface area contributed by atoms with E-state index in [1.807, 2.05) is 19.1 Å². The van der Waals surface area contributed by atoms with E-state index in [9.17, 15) is 4.79 Å². The van der Waals surface area contributed by atoms with E-state index in [0.717, 1.165) is 18.1 Å². The molecule has 0 radical (unpaired) electrons. The molecule has 3 unspecified atom stereocenters. The van der Waals surface area contributed by atoms with Crippen LogP contribution in [0.4, 0.5) is 0 Å². The topological polar surface area (TPSA) is 73.0 Å². The first kappa shape index (κ1) is 20.0. The summed E-state index contributed by atoms with van der Waals surface area (Å²) in [6.45, 7) is 9.26. The maximum atomic E-state index is 12.7. The van der Waals surface area contributed by atoms with Crippen molar-refractivity contribution < 1.29 is 9.21 Å². The predicted octanol–water partition coefficient (Wildman–Crippen LogP) is 4.37. The Hall–Kier alpha value is -1.76. The average Bonchev–Trinajstić information content (AvgIpc) is 3.27. The van der Waals surface area contributed by atoms with E-state index in [1.54, 1.807) is 6.26 Å². The van der Waals surface area contributed by atoms with Crippen molar-refractivity contribution in [3.8, 4) is 11.6 Å². The molecule has 7 heteroatoms. The van der Waals surface area contributed by atoms with Crippen LogP contribution in [0.3, 0.4) is 0 Å². The third-order valence-corrected chi connectivity index (χ3v) is 6.18. The maximum Gasteiger partial charge on any atom is 0.233 e. The Morgan fingerprint density at radius 3 is 2.78 bits per heavy atom. The van der Waals surface area contributed by atoms with Crippen molar-refractivity contribution in [2.45, 2.75) is 76.4 Å². The highest BCUT2D eigenvalue weighted by Crippen LogP contribution is 2.29. The van der Waals surface area contributed by atoms with E-state index >= 15 is 0 Å². The summed E-state index contributed by atoms with van der Waals surface area (Å²) in [7, 11) is 0. The zero-order valence-corrected chi connectivity index (χ0v) is 17.5. The van der Waals surface area contributed by atoms with E-state index < -0.39 is 0 Å². The first-order valence-corrected chi connectivity index (χ1v) is 10.8. The highest BCUT2D eigenvalue weighted by molar-refractivity contribution is 8.00. The van der Waals surface area contributed by atoms with Crippen LogP contribution < -0.4 is 5.32 Å². The Morgan fingerprint density at radius 1 is 1.33 bits per heavy atom. The Balaban J connectivity index is 1.71. The summed E-state index contributed by atoms with van der Waals surface area (Å²) >= 11 is 1.46. The second kappa shape index (κ2) is 8.95. The van der Waals surface area contributed by atoms with Gasteiger partial charge in [0.2, 0.25) is 5.91 Å². The lowest BCUT2D eigenvalue weighted by Crippen LogP contribution is -2.44. The van der Waals surface area contributed by atoms with Crippen molar-refractivity contribution in [2.75, 3.05) is 0 Å². The van der Waals surface area contributed by atoms with Crippen molar-refractivity contribution in [1.29, 1.82) is 0 Å². The van der Waals surface area contributed by atoms with Gasteiger partial charge in [0.1, 0.15) is 0 Å². The van der Waals surface area contributed by atoms with Gasteiger partial charge in [0.25, 0.3) is 0 Å². The second-order valence-corrected chi connectivity index (χ2v) is 9.23. The fourth-order valence-corrected chi connectivity index (χ4v) is 4.40. The average molecular weight is 391 g/mol. The van der Waals surface area contributed by atoms with Crippen LogP contribution in [-0.4, -0.2) is 32.0 Å². The molecular formula is C20H30N4O2S. The molecule has 1 fully saturated rings. The molecule has 0 spiro atoms. The van der Waals surface area contributed by atoms with E-state index in [1.165, 1.54) is 31.0 Å². The van der Waals surface area contributed by atoms with Crippen LogP contribution in [0.5, 0.6) is 0 Å². The quantitative estimate of drug-likeness (QED) is 0.711. The van der Waals surface area contributed by atoms with Crippen molar-refractivity contribution in [3.63, 3.8) is 0 Å². The molecule has 1 aliphatic carbocycles. The largest absolute Gasteiger partial charge is 0.461 e. The van der Waals surface area contributed by atoms with Gasteiger partial charge in [-0.3, -0.25) is 9.36 Å². The monoisotopic (exact) mass is 390 g/mol. The smallest absolute Gasteiger partial charge is 0.233 e. The standard InChI is InChI=1S/C20H30N4O2S/c1-13(2)12-24-18(17-10-7-11-26-17)22-23-20(24)27-15(4)19(25)21-16-9-6-5-8-14(16)3/h7,10-11,13-16H,5-6,8-9,12H2,1-4H3,(H,21,25). The number of aromatic nitrogens is 3. The maximum absolute atomic E-state index is 12.7. The van der Waals surface area contributed by atoms with Gasteiger partial charge in [-0.15, -0.1) is 10.2 Å². The lowest BCUT2D eigenvalue weighted by atomic mass is 9.86. The van der Waals surface area contributed by atoms with Crippen molar-refractivity contribution >= 4 is 17.7 Å². The summed E-state index contributed by atoms with van der Waals surface area (Å²) in [5.74, 6) is 2.47. The lowest BCUT2D eigenvalue weighted by molar-refractivity contribution is -0.121. The van der Waals surface area contributed by atoms with Gasteiger partial charge in [-0.1, -0.05) is 45.4 Å². The molecule has 2 aromatic rings. The molecular weight excluding hydrogens is 360 g/mol. The van der Waals surface area contributed by atoms with Gasteiger partial charge in [0.15, 0.2) is 16.7 Å². The molecule has 0 saturated heterocycles. The highest BCUT2D eigenvalue weighted by Gasteiger charge is 2.27. The zero-order chi connectivity index (χ0) is 19.4. The Kier molecular flexibility index (Phi) is 6.63. The third-order valence-electron chi connectivity index (χ3n) is 5.10. The summed E-state index contributed by atoms with van der Waals surface area (Å²) in [5.41, 5.74) is 0. The van der Waals surface area contributed by atoms with Gasteiger partial charge in [-0.25, -0.2) is 0 Å². The molecule has 6 nitrogen and oxygen atoms in total. The van der Waals surface area contributed by atoms with Crippen molar-refractivity contribution in [1.82, 2.24) is 20.1 Å². The molecule has 3 atom stereocenters. The molecule has 0 bridgehead atoms. The van der Waals surface area contributed by atoms with E-state index in [2.05, 4.69) is 40.9 Å². The molecule has 0 aliphatic heterocycles. The van der Waals surface area contributed by atoms with Crippen LogP contribution in [0, 0.1) is 11.8 Å². The van der Waals surface area contributed by atoms with Gasteiger partial charge in [0, 0.05) is 12.6 Å². The van der Waals surface area contributed by atoms with Crippen LogP contribution in [0.2, 0.25) is 0 Å². The van der Waals surface area contributed by atoms with Crippen LogP contribution in [0.1, 0.15) is 53.4 Å². The van der Waals surface area contributed by atoms with Crippen LogP contribution in [-0.2, 0) is 11.3 Å². The number of nitrogens with one attached hydrogen (secondary N) is 1. The molecule has 2 heterocycles. The molecule has 1 saturated carbocycles. The molecule has 27 heavy (non-hydrogen) atoms. The fourth-order valence-electron chi connectivity index (χ4n) is 3.54. The summed E-state index contributed by atoms with van der Waals surface area (Å²) in [6.07, 6.45) is 6.38. The number of carbonyl (C=O) groups is 1. The molecule has 0 aromatic carbocycles. The minimum Gasteiger partial charge on any atom is -0.461 e. The third kappa shape index (κ3) is 4.94. The van der Waals surface area contributed by atoms with E-state index in [-0.39, 0.29) is 11.2 Å². The summed E-state index contributed by atoms with van der Waals surface area (Å²) < 4.78 is 7.56. The Morgan fingerprint density at radius 2 is 2.11 bits per heavy atom. The SMILES string of the molecule is CC(C)Cn1c(SC(C)C(=O)NC2CCCCC2C)nnc1-c1ccco1. The Labute approximate surface area is 165 Å². The fraction of sp³-hybridized carbons (Fsp3) is 0.650. The summed E-state index contributed by atoms with van der Waals surface area (Å²) in [6, 6.07) is 4.02. The molecule has 1 aliphatic rings. The highest BCUT2D eigenvalue weighted by atomic mass is 32.2. The Bertz CT molecular complexity index is 741. The van der Waals surface area contributed by atoms with Gasteiger partial charge in [0.05, 0.1) is 11.5 Å². The number of nitrogens with zero attached hydrogens (tertiary/aromatic N) is 3.